The molecule has 0 aromatic rings. The Morgan fingerprint density at radius 3 is 2.46 bits per heavy atom. The van der Waals surface area contributed by atoms with E-state index in [1.165, 1.54) is 24.1 Å². The van der Waals surface area contributed by atoms with Crippen LogP contribution < -0.4 is 5.32 Å². The molecule has 1 aliphatic rings. The maximum absolute atomic E-state index is 3.54. The fourth-order valence-electron chi connectivity index (χ4n) is 1.73. The Kier molecular flexibility index (Phi) is 3.58. The summed E-state index contributed by atoms with van der Waals surface area (Å²) in [6, 6.07) is 0.551. The van der Waals surface area contributed by atoms with Crippen molar-refractivity contribution in [3.63, 3.8) is 0 Å². The summed E-state index contributed by atoms with van der Waals surface area (Å²) in [7, 11) is 0. The van der Waals surface area contributed by atoms with Gasteiger partial charge >= 0.3 is 0 Å². The van der Waals surface area contributed by atoms with E-state index in [1.54, 1.807) is 0 Å². The maximum Gasteiger partial charge on any atom is 0.0201 e. The zero-order valence-corrected chi connectivity index (χ0v) is 9.22. The van der Waals surface area contributed by atoms with Crippen molar-refractivity contribution in [3.05, 3.63) is 23.4 Å². The summed E-state index contributed by atoms with van der Waals surface area (Å²) < 4.78 is 0. The third-order valence-corrected chi connectivity index (χ3v) is 2.29. The van der Waals surface area contributed by atoms with Crippen LogP contribution in [0.2, 0.25) is 0 Å². The van der Waals surface area contributed by atoms with E-state index < -0.39 is 0 Å². The normalized spacial score (nSPS) is 17.4. The first-order valence-corrected chi connectivity index (χ1v) is 5.27. The molecule has 0 unspecified atom stereocenters. The molecule has 0 saturated carbocycles. The van der Waals surface area contributed by atoms with Gasteiger partial charge in [-0.3, -0.25) is 0 Å². The average molecular weight is 179 g/mol. The van der Waals surface area contributed by atoms with Gasteiger partial charge in [-0.25, -0.2) is 0 Å². The van der Waals surface area contributed by atoms with E-state index in [9.17, 15) is 0 Å². The molecule has 0 aromatic carbocycles. The predicted octanol–water partition coefficient (Wildman–Crippen LogP) is 3.24. The molecule has 0 atom stereocenters. The van der Waals surface area contributed by atoms with Crippen LogP contribution in [0.4, 0.5) is 0 Å². The maximum atomic E-state index is 3.54. The molecule has 0 amide bonds. The first kappa shape index (κ1) is 10.4. The van der Waals surface area contributed by atoms with Crippen molar-refractivity contribution in [2.24, 2.45) is 5.92 Å². The molecule has 13 heavy (non-hydrogen) atoms. The van der Waals surface area contributed by atoms with Gasteiger partial charge in [-0.15, -0.1) is 0 Å². The van der Waals surface area contributed by atoms with Crippen molar-refractivity contribution in [1.29, 1.82) is 0 Å². The highest BCUT2D eigenvalue weighted by Crippen LogP contribution is 2.23. The smallest absolute Gasteiger partial charge is 0.0201 e. The Bertz CT molecular complexity index is 221. The van der Waals surface area contributed by atoms with Gasteiger partial charge in [0.2, 0.25) is 0 Å². The second-order valence-corrected chi connectivity index (χ2v) is 4.33. The Balaban J connectivity index is 2.78. The van der Waals surface area contributed by atoms with E-state index in [1.807, 2.05) is 0 Å². The molecule has 0 saturated heterocycles. The highest BCUT2D eigenvalue weighted by molar-refractivity contribution is 5.30. The van der Waals surface area contributed by atoms with E-state index in [0.29, 0.717) is 12.0 Å². The summed E-state index contributed by atoms with van der Waals surface area (Å²) in [6.45, 7) is 8.91. The number of rotatable bonds is 3. The lowest BCUT2D eigenvalue weighted by molar-refractivity contribution is 0.614. The molecule has 0 fully saturated rings. The molecule has 1 nitrogen and oxygen atoms in total. The predicted molar refractivity (Wildman–Crippen MR) is 58.5 cm³/mol. The fraction of sp³-hybridized carbons (Fsp3) is 0.667. The van der Waals surface area contributed by atoms with Crippen LogP contribution in [-0.2, 0) is 0 Å². The van der Waals surface area contributed by atoms with Gasteiger partial charge in [-0.2, -0.15) is 0 Å². The third-order valence-electron chi connectivity index (χ3n) is 2.29. The Morgan fingerprint density at radius 1 is 1.23 bits per heavy atom. The van der Waals surface area contributed by atoms with Crippen molar-refractivity contribution in [2.45, 2.75) is 46.6 Å². The summed E-state index contributed by atoms with van der Waals surface area (Å²) in [6.07, 6.45) is 6.92. The first-order chi connectivity index (χ1) is 6.11. The molecule has 74 valence electrons. The van der Waals surface area contributed by atoms with Crippen molar-refractivity contribution in [3.8, 4) is 0 Å². The van der Waals surface area contributed by atoms with Gasteiger partial charge in [0, 0.05) is 11.7 Å². The van der Waals surface area contributed by atoms with Gasteiger partial charge in [0.1, 0.15) is 0 Å². The molecule has 0 aliphatic heterocycles. The van der Waals surface area contributed by atoms with Gasteiger partial charge in [0.05, 0.1) is 0 Å². The van der Waals surface area contributed by atoms with E-state index in [4.69, 9.17) is 0 Å². The standard InChI is InChI=1S/C12H21N/c1-9(2)11-7-5-6-8-12(11)13-10(3)4/h5,7,9-10,13H,6,8H2,1-4H3. The zero-order chi connectivity index (χ0) is 9.84. The van der Waals surface area contributed by atoms with Crippen LogP contribution in [0.5, 0.6) is 0 Å². The van der Waals surface area contributed by atoms with Crippen LogP contribution in [0, 0.1) is 5.92 Å². The largest absolute Gasteiger partial charge is 0.386 e. The third kappa shape index (κ3) is 2.91. The van der Waals surface area contributed by atoms with Gasteiger partial charge in [0.25, 0.3) is 0 Å². The molecule has 1 rings (SSSR count). The van der Waals surface area contributed by atoms with Crippen LogP contribution in [0.1, 0.15) is 40.5 Å². The van der Waals surface area contributed by atoms with Gasteiger partial charge in [-0.05, 0) is 38.2 Å². The molecular weight excluding hydrogens is 158 g/mol. The second-order valence-electron chi connectivity index (χ2n) is 4.33. The summed E-state index contributed by atoms with van der Waals surface area (Å²) in [5, 5.41) is 3.54. The first-order valence-electron chi connectivity index (χ1n) is 5.27. The van der Waals surface area contributed by atoms with Crippen LogP contribution in [0.15, 0.2) is 23.4 Å². The number of hydrogen-bond acceptors (Lipinski definition) is 1. The minimum atomic E-state index is 0.551. The van der Waals surface area contributed by atoms with Crippen molar-refractivity contribution < 1.29 is 0 Å². The molecule has 0 spiro atoms. The van der Waals surface area contributed by atoms with Crippen LogP contribution in [0.25, 0.3) is 0 Å². The van der Waals surface area contributed by atoms with Crippen LogP contribution in [0.3, 0.4) is 0 Å². The number of nitrogens with one attached hydrogen (secondary N) is 1. The van der Waals surface area contributed by atoms with Crippen LogP contribution in [-0.4, -0.2) is 6.04 Å². The molecular formula is C12H21N. The number of hydrogen-bond donors (Lipinski definition) is 1. The lowest BCUT2D eigenvalue weighted by atomic mass is 9.94. The minimum Gasteiger partial charge on any atom is -0.386 e. The monoisotopic (exact) mass is 179 g/mol. The average Bonchev–Trinajstić information content (AvgIpc) is 2.03. The second kappa shape index (κ2) is 4.50. The molecule has 1 aliphatic carbocycles. The molecule has 0 aromatic heterocycles. The van der Waals surface area contributed by atoms with E-state index >= 15 is 0 Å². The van der Waals surface area contributed by atoms with Crippen molar-refractivity contribution in [2.75, 3.05) is 0 Å². The molecule has 1 N–H and O–H groups in total. The minimum absolute atomic E-state index is 0.551. The highest BCUT2D eigenvalue weighted by Gasteiger charge is 2.11. The quantitative estimate of drug-likeness (QED) is 0.701. The molecule has 0 bridgehead atoms. The van der Waals surface area contributed by atoms with Gasteiger partial charge < -0.3 is 5.32 Å². The lowest BCUT2D eigenvalue weighted by Gasteiger charge is -2.22. The molecule has 0 radical (unpaired) electrons. The fourth-order valence-corrected chi connectivity index (χ4v) is 1.73. The summed E-state index contributed by atoms with van der Waals surface area (Å²) in [4.78, 5) is 0. The van der Waals surface area contributed by atoms with Crippen LogP contribution >= 0.6 is 0 Å². The van der Waals surface area contributed by atoms with Crippen molar-refractivity contribution in [1.82, 2.24) is 5.32 Å². The van der Waals surface area contributed by atoms with Gasteiger partial charge in [0.15, 0.2) is 0 Å². The summed E-state index contributed by atoms with van der Waals surface area (Å²) in [5.74, 6) is 0.637. The SMILES string of the molecule is CC(C)NC1=C(C(C)C)C=CCC1. The lowest BCUT2D eigenvalue weighted by Crippen LogP contribution is -2.25. The van der Waals surface area contributed by atoms with E-state index in [0.717, 1.165) is 0 Å². The Morgan fingerprint density at radius 2 is 1.92 bits per heavy atom. The number of allylic oxidation sites excluding steroid dienone is 4. The summed E-state index contributed by atoms with van der Waals surface area (Å²) >= 11 is 0. The summed E-state index contributed by atoms with van der Waals surface area (Å²) in [5.41, 5.74) is 2.94. The Labute approximate surface area is 81.9 Å². The topological polar surface area (TPSA) is 12.0 Å². The molecule has 0 heterocycles. The zero-order valence-electron chi connectivity index (χ0n) is 9.22. The van der Waals surface area contributed by atoms with Crippen molar-refractivity contribution >= 4 is 0 Å². The Hall–Kier alpha value is -0.720. The van der Waals surface area contributed by atoms with Gasteiger partial charge in [-0.1, -0.05) is 26.0 Å². The van der Waals surface area contributed by atoms with E-state index in [-0.39, 0.29) is 0 Å². The van der Waals surface area contributed by atoms with E-state index in [2.05, 4.69) is 45.2 Å². The highest BCUT2D eigenvalue weighted by atomic mass is 14.9. The molecule has 1 heteroatoms.